The summed E-state index contributed by atoms with van der Waals surface area (Å²) in [5.74, 6) is -1.06. The van der Waals surface area contributed by atoms with Crippen LogP contribution in [0.1, 0.15) is 16.1 Å². The highest BCUT2D eigenvalue weighted by atomic mass is 35.5. The van der Waals surface area contributed by atoms with Gasteiger partial charge in [0.05, 0.1) is 34.0 Å². The van der Waals surface area contributed by atoms with Gasteiger partial charge >= 0.3 is 0 Å². The average molecular weight is 279 g/mol. The molecule has 6 heteroatoms. The minimum atomic E-state index is -0.550. The number of fused-ring (bicyclic) bond motifs is 1. The van der Waals surface area contributed by atoms with E-state index < -0.39 is 11.7 Å². The van der Waals surface area contributed by atoms with Gasteiger partial charge in [-0.05, 0) is 12.1 Å². The van der Waals surface area contributed by atoms with Gasteiger partial charge in [0.2, 0.25) is 0 Å². The Balaban J connectivity index is 2.07. The van der Waals surface area contributed by atoms with Crippen LogP contribution in [0.2, 0.25) is 5.02 Å². The third-order valence-corrected chi connectivity index (χ3v) is 3.68. The number of hydrogen-bond acceptors (Lipinski definition) is 4. The van der Waals surface area contributed by atoms with Gasteiger partial charge in [-0.2, -0.15) is 0 Å². The maximum Gasteiger partial charge on any atom is 0.299 e. The number of halogens is 1. The van der Waals surface area contributed by atoms with Gasteiger partial charge in [0.1, 0.15) is 0 Å². The molecule has 1 aromatic carbocycles. The predicted molar refractivity (Wildman–Crippen MR) is 69.1 cm³/mol. The predicted octanol–water partition coefficient (Wildman–Crippen LogP) is 2.53. The van der Waals surface area contributed by atoms with Crippen molar-refractivity contribution < 1.29 is 9.59 Å². The molecule has 0 bridgehead atoms. The van der Waals surface area contributed by atoms with Crippen LogP contribution in [0.15, 0.2) is 29.1 Å². The topological polar surface area (TPSA) is 50.3 Å². The molecule has 0 radical (unpaired) electrons. The van der Waals surface area contributed by atoms with Gasteiger partial charge in [-0.25, -0.2) is 4.98 Å². The number of Topliss-reactive ketones (excluding diaryl/α,β-unsaturated/α-hetero) is 1. The minimum Gasteiger partial charge on any atom is -0.297 e. The summed E-state index contributed by atoms with van der Waals surface area (Å²) in [5.41, 5.74) is 3.28. The van der Waals surface area contributed by atoms with Crippen molar-refractivity contribution in [1.29, 1.82) is 0 Å². The first-order valence-electron chi connectivity index (χ1n) is 5.20. The summed E-state index contributed by atoms with van der Waals surface area (Å²) in [5, 5.41) is 2.24. The lowest BCUT2D eigenvalue weighted by Gasteiger charge is -2.16. The molecule has 0 fully saturated rings. The third-order valence-electron chi connectivity index (χ3n) is 2.74. The van der Waals surface area contributed by atoms with E-state index in [4.69, 9.17) is 11.6 Å². The number of carbonyl (C=O) groups is 2. The molecular weight excluding hydrogens is 272 g/mol. The summed E-state index contributed by atoms with van der Waals surface area (Å²) in [6, 6.07) is 4.95. The second kappa shape index (κ2) is 4.19. The monoisotopic (exact) mass is 278 g/mol. The summed E-state index contributed by atoms with van der Waals surface area (Å²) < 4.78 is 0. The Bertz CT molecular complexity index is 640. The molecule has 2 heterocycles. The SMILES string of the molecule is O=C1C(=O)N(Cc2cscn2)c2c(Cl)cccc21. The van der Waals surface area contributed by atoms with E-state index in [-0.39, 0.29) is 6.54 Å². The van der Waals surface area contributed by atoms with E-state index in [2.05, 4.69) is 4.98 Å². The average Bonchev–Trinajstić information content (AvgIpc) is 2.94. The van der Waals surface area contributed by atoms with E-state index in [1.165, 1.54) is 16.2 Å². The largest absolute Gasteiger partial charge is 0.299 e. The van der Waals surface area contributed by atoms with Crippen LogP contribution < -0.4 is 4.90 Å². The highest BCUT2D eigenvalue weighted by Gasteiger charge is 2.37. The molecule has 18 heavy (non-hydrogen) atoms. The van der Waals surface area contributed by atoms with Crippen LogP contribution in [0.5, 0.6) is 0 Å². The number of benzene rings is 1. The Morgan fingerprint density at radius 1 is 1.33 bits per heavy atom. The Kier molecular flexibility index (Phi) is 2.65. The number of para-hydroxylation sites is 1. The van der Waals surface area contributed by atoms with Crippen LogP contribution in [-0.2, 0) is 11.3 Å². The first kappa shape index (κ1) is 11.4. The van der Waals surface area contributed by atoms with Crippen molar-refractivity contribution in [1.82, 2.24) is 4.98 Å². The van der Waals surface area contributed by atoms with Crippen molar-refractivity contribution in [2.45, 2.75) is 6.54 Å². The van der Waals surface area contributed by atoms with Crippen LogP contribution in [0.25, 0.3) is 0 Å². The summed E-state index contributed by atoms with van der Waals surface area (Å²) in [6.45, 7) is 0.269. The summed E-state index contributed by atoms with van der Waals surface area (Å²) in [6.07, 6.45) is 0. The molecule has 0 aliphatic carbocycles. The number of thiazole rings is 1. The number of carbonyl (C=O) groups excluding carboxylic acids is 2. The molecule has 0 atom stereocenters. The number of amides is 1. The molecule has 90 valence electrons. The molecule has 1 aromatic heterocycles. The Morgan fingerprint density at radius 2 is 2.17 bits per heavy atom. The molecule has 1 aliphatic heterocycles. The van der Waals surface area contributed by atoms with Crippen LogP contribution in [-0.4, -0.2) is 16.7 Å². The van der Waals surface area contributed by atoms with Gasteiger partial charge in [0.15, 0.2) is 0 Å². The zero-order valence-electron chi connectivity index (χ0n) is 9.09. The van der Waals surface area contributed by atoms with Crippen molar-refractivity contribution in [2.75, 3.05) is 4.90 Å². The molecule has 1 aliphatic rings. The quantitative estimate of drug-likeness (QED) is 0.793. The fourth-order valence-corrected chi connectivity index (χ4v) is 2.77. The molecule has 0 saturated carbocycles. The number of rotatable bonds is 2. The Morgan fingerprint density at radius 3 is 2.89 bits per heavy atom. The lowest BCUT2D eigenvalue weighted by Crippen LogP contribution is -2.29. The van der Waals surface area contributed by atoms with Gasteiger partial charge < -0.3 is 0 Å². The number of hydrogen-bond donors (Lipinski definition) is 0. The number of ketones is 1. The van der Waals surface area contributed by atoms with Crippen LogP contribution in [0, 0.1) is 0 Å². The molecular formula is C12H7ClN2O2S. The molecule has 2 aromatic rings. The Labute approximate surface area is 112 Å². The highest BCUT2D eigenvalue weighted by Crippen LogP contribution is 2.36. The van der Waals surface area contributed by atoms with Crippen molar-refractivity contribution in [2.24, 2.45) is 0 Å². The van der Waals surface area contributed by atoms with Gasteiger partial charge in [0, 0.05) is 5.38 Å². The molecule has 1 amide bonds. The minimum absolute atomic E-state index is 0.269. The van der Waals surface area contributed by atoms with E-state index in [9.17, 15) is 9.59 Å². The van der Waals surface area contributed by atoms with Gasteiger partial charge in [-0.1, -0.05) is 17.7 Å². The van der Waals surface area contributed by atoms with Gasteiger partial charge in [-0.3, -0.25) is 14.5 Å². The highest BCUT2D eigenvalue weighted by molar-refractivity contribution is 7.07. The van der Waals surface area contributed by atoms with Crippen molar-refractivity contribution in [3.63, 3.8) is 0 Å². The van der Waals surface area contributed by atoms with E-state index in [1.54, 1.807) is 23.7 Å². The second-order valence-corrected chi connectivity index (χ2v) is 4.96. The van der Waals surface area contributed by atoms with Crippen molar-refractivity contribution in [3.8, 4) is 0 Å². The molecule has 0 saturated heterocycles. The number of anilines is 1. The fraction of sp³-hybridized carbons (Fsp3) is 0.0833. The first-order chi connectivity index (χ1) is 8.68. The molecule has 3 rings (SSSR count). The zero-order valence-corrected chi connectivity index (χ0v) is 10.7. The van der Waals surface area contributed by atoms with Crippen LogP contribution >= 0.6 is 22.9 Å². The standard InChI is InChI=1S/C12H7ClN2O2S/c13-9-3-1-2-8-10(9)15(12(17)11(8)16)4-7-5-18-6-14-7/h1-3,5-6H,4H2. The second-order valence-electron chi connectivity index (χ2n) is 3.84. The Hall–Kier alpha value is -1.72. The van der Waals surface area contributed by atoms with Crippen molar-refractivity contribution in [3.05, 3.63) is 45.4 Å². The molecule has 4 nitrogen and oxygen atoms in total. The van der Waals surface area contributed by atoms with E-state index >= 15 is 0 Å². The van der Waals surface area contributed by atoms with Gasteiger partial charge in [0.25, 0.3) is 11.7 Å². The number of nitrogens with zero attached hydrogens (tertiary/aromatic N) is 2. The normalized spacial score (nSPS) is 14.2. The van der Waals surface area contributed by atoms with Crippen LogP contribution in [0.3, 0.4) is 0 Å². The van der Waals surface area contributed by atoms with Crippen LogP contribution in [0.4, 0.5) is 5.69 Å². The summed E-state index contributed by atoms with van der Waals surface area (Å²) >= 11 is 7.51. The van der Waals surface area contributed by atoms with E-state index in [0.717, 1.165) is 5.69 Å². The van der Waals surface area contributed by atoms with Crippen molar-refractivity contribution >= 4 is 40.3 Å². The zero-order chi connectivity index (χ0) is 12.7. The van der Waals surface area contributed by atoms with Gasteiger partial charge in [-0.15, -0.1) is 11.3 Å². The lowest BCUT2D eigenvalue weighted by atomic mass is 10.1. The maximum absolute atomic E-state index is 11.9. The fourth-order valence-electron chi connectivity index (χ4n) is 1.94. The third kappa shape index (κ3) is 1.63. The molecule has 0 N–H and O–H groups in total. The smallest absolute Gasteiger partial charge is 0.297 e. The first-order valence-corrected chi connectivity index (χ1v) is 6.52. The number of aromatic nitrogens is 1. The molecule has 0 unspecified atom stereocenters. The van der Waals surface area contributed by atoms with E-state index in [0.29, 0.717) is 16.3 Å². The lowest BCUT2D eigenvalue weighted by molar-refractivity contribution is -0.114. The molecule has 0 spiro atoms. The summed E-state index contributed by atoms with van der Waals surface area (Å²) in [4.78, 5) is 29.3. The van der Waals surface area contributed by atoms with E-state index in [1.807, 2.05) is 5.38 Å². The summed E-state index contributed by atoms with van der Waals surface area (Å²) in [7, 11) is 0. The maximum atomic E-state index is 11.9.